The van der Waals surface area contributed by atoms with Crippen LogP contribution >= 0.6 is 11.8 Å². The number of carbonyl (C=O) groups excluding carboxylic acids is 1. The fourth-order valence-electron chi connectivity index (χ4n) is 4.29. The molecule has 2 heterocycles. The SMILES string of the molecule is Cc1c(C(N)=O)c(C)c2nc([C@@H]3c4ccccc4S[C@@H]3C(C)C)[nH]c2c1C. The second-order valence-corrected chi connectivity index (χ2v) is 9.02. The number of nitrogens with one attached hydrogen (secondary N) is 1. The third-order valence-electron chi connectivity index (χ3n) is 5.81. The maximum Gasteiger partial charge on any atom is 0.249 e. The number of primary amides is 1. The molecule has 0 aliphatic carbocycles. The lowest BCUT2D eigenvalue weighted by molar-refractivity contribution is 0.0999. The summed E-state index contributed by atoms with van der Waals surface area (Å²) in [5, 5.41) is 0.431. The summed E-state index contributed by atoms with van der Waals surface area (Å²) in [6.07, 6.45) is 0. The monoisotopic (exact) mass is 379 g/mol. The van der Waals surface area contributed by atoms with Crippen LogP contribution in [0.25, 0.3) is 11.0 Å². The van der Waals surface area contributed by atoms with Crippen molar-refractivity contribution in [1.82, 2.24) is 9.97 Å². The van der Waals surface area contributed by atoms with Gasteiger partial charge in [-0.1, -0.05) is 32.0 Å². The number of aryl methyl sites for hydroxylation is 2. The van der Waals surface area contributed by atoms with Crippen LogP contribution in [0.1, 0.15) is 58.2 Å². The van der Waals surface area contributed by atoms with E-state index in [1.54, 1.807) is 0 Å². The Hall–Kier alpha value is -2.27. The third-order valence-corrected chi connectivity index (χ3v) is 7.52. The van der Waals surface area contributed by atoms with Crippen LogP contribution in [-0.2, 0) is 0 Å². The topological polar surface area (TPSA) is 71.8 Å². The molecule has 0 radical (unpaired) electrons. The van der Waals surface area contributed by atoms with E-state index < -0.39 is 0 Å². The van der Waals surface area contributed by atoms with Crippen LogP contribution in [0.5, 0.6) is 0 Å². The van der Waals surface area contributed by atoms with Gasteiger partial charge in [-0.2, -0.15) is 0 Å². The van der Waals surface area contributed by atoms with Crippen molar-refractivity contribution in [3.8, 4) is 0 Å². The van der Waals surface area contributed by atoms with Crippen molar-refractivity contribution in [3.63, 3.8) is 0 Å². The normalized spacial score (nSPS) is 19.0. The lowest BCUT2D eigenvalue weighted by atomic mass is 9.89. The van der Waals surface area contributed by atoms with Crippen molar-refractivity contribution in [2.24, 2.45) is 11.7 Å². The van der Waals surface area contributed by atoms with Gasteiger partial charge in [0.15, 0.2) is 0 Å². The van der Waals surface area contributed by atoms with Crippen molar-refractivity contribution in [1.29, 1.82) is 0 Å². The van der Waals surface area contributed by atoms with Gasteiger partial charge in [0.2, 0.25) is 5.91 Å². The van der Waals surface area contributed by atoms with Crippen LogP contribution in [0.4, 0.5) is 0 Å². The second kappa shape index (κ2) is 6.41. The number of amides is 1. The van der Waals surface area contributed by atoms with Crippen molar-refractivity contribution < 1.29 is 4.79 Å². The third kappa shape index (κ3) is 2.67. The number of imidazole rings is 1. The maximum absolute atomic E-state index is 12.0. The van der Waals surface area contributed by atoms with Gasteiger partial charge in [0.05, 0.1) is 17.0 Å². The number of aromatic amines is 1. The van der Waals surface area contributed by atoms with Crippen molar-refractivity contribution in [3.05, 3.63) is 57.9 Å². The Labute approximate surface area is 164 Å². The van der Waals surface area contributed by atoms with Crippen LogP contribution < -0.4 is 5.73 Å². The molecule has 1 aromatic heterocycles. The predicted molar refractivity (Wildman–Crippen MR) is 112 cm³/mol. The molecule has 1 aliphatic heterocycles. The van der Waals surface area contributed by atoms with Gasteiger partial charge in [0, 0.05) is 15.7 Å². The summed E-state index contributed by atoms with van der Waals surface area (Å²) in [6, 6.07) is 8.61. The molecule has 2 aromatic carbocycles. The molecule has 3 aromatic rings. The number of hydrogen-bond donors (Lipinski definition) is 2. The Morgan fingerprint density at radius 3 is 2.52 bits per heavy atom. The summed E-state index contributed by atoms with van der Waals surface area (Å²) in [4.78, 5) is 21.9. The van der Waals surface area contributed by atoms with Crippen molar-refractivity contribution in [2.75, 3.05) is 0 Å². The maximum atomic E-state index is 12.0. The van der Waals surface area contributed by atoms with E-state index in [1.165, 1.54) is 10.5 Å². The first kappa shape index (κ1) is 18.1. The van der Waals surface area contributed by atoms with Crippen LogP contribution in [0.2, 0.25) is 0 Å². The van der Waals surface area contributed by atoms with E-state index in [0.29, 0.717) is 16.7 Å². The lowest BCUT2D eigenvalue weighted by Gasteiger charge is -2.21. The number of benzene rings is 2. The molecule has 0 fully saturated rings. The minimum absolute atomic E-state index is 0.217. The van der Waals surface area contributed by atoms with Gasteiger partial charge < -0.3 is 10.7 Å². The molecule has 0 unspecified atom stereocenters. The Morgan fingerprint density at radius 1 is 1.15 bits per heavy atom. The smallest absolute Gasteiger partial charge is 0.249 e. The summed E-state index contributed by atoms with van der Waals surface area (Å²) in [6.45, 7) is 10.5. The van der Waals surface area contributed by atoms with E-state index in [-0.39, 0.29) is 11.8 Å². The number of rotatable bonds is 3. The van der Waals surface area contributed by atoms with Crippen LogP contribution in [0, 0.1) is 26.7 Å². The molecule has 0 spiro atoms. The summed E-state index contributed by atoms with van der Waals surface area (Å²) in [5.74, 6) is 1.33. The van der Waals surface area contributed by atoms with Gasteiger partial charge in [-0.15, -0.1) is 11.8 Å². The second-order valence-electron chi connectivity index (χ2n) is 7.80. The first-order chi connectivity index (χ1) is 12.8. The van der Waals surface area contributed by atoms with E-state index >= 15 is 0 Å². The van der Waals surface area contributed by atoms with E-state index in [9.17, 15) is 4.79 Å². The number of thioether (sulfide) groups is 1. The molecule has 4 rings (SSSR count). The Balaban J connectivity index is 1.96. The fraction of sp³-hybridized carbons (Fsp3) is 0.364. The number of H-pyrrole nitrogens is 1. The molecule has 5 heteroatoms. The quantitative estimate of drug-likeness (QED) is 0.683. The van der Waals surface area contributed by atoms with Gasteiger partial charge >= 0.3 is 0 Å². The highest BCUT2D eigenvalue weighted by atomic mass is 32.2. The Kier molecular flexibility index (Phi) is 4.30. The predicted octanol–water partition coefficient (Wildman–Crippen LogP) is 4.85. The van der Waals surface area contributed by atoms with Crippen LogP contribution in [0.15, 0.2) is 29.2 Å². The molecule has 1 amide bonds. The van der Waals surface area contributed by atoms with E-state index in [4.69, 9.17) is 10.7 Å². The molecular weight excluding hydrogens is 354 g/mol. The molecule has 2 atom stereocenters. The standard InChI is InChI=1S/C22H25N3OS/c1-10(2)20-17(14-8-6-7-9-15(14)27-20)22-24-18-12(4)11(3)16(21(23)26)13(5)19(18)25-22/h6-10,17,20H,1-5H3,(H2,23,26)(H,24,25)/t17-,20-/m1/s1. The van der Waals surface area contributed by atoms with E-state index in [1.807, 2.05) is 32.5 Å². The summed E-state index contributed by atoms with van der Waals surface area (Å²) < 4.78 is 0. The largest absolute Gasteiger partial charge is 0.366 e. The minimum atomic E-state index is -0.388. The molecular formula is C22H25N3OS. The molecule has 0 bridgehead atoms. The van der Waals surface area contributed by atoms with E-state index in [0.717, 1.165) is 33.5 Å². The number of fused-ring (bicyclic) bond motifs is 2. The highest BCUT2D eigenvalue weighted by Gasteiger charge is 2.38. The number of carbonyl (C=O) groups is 1. The highest BCUT2D eigenvalue weighted by molar-refractivity contribution is 8.00. The summed E-state index contributed by atoms with van der Waals surface area (Å²) in [5.41, 5.74) is 12.3. The number of hydrogen-bond acceptors (Lipinski definition) is 3. The van der Waals surface area contributed by atoms with Gasteiger partial charge in [-0.05, 0) is 55.0 Å². The molecule has 1 aliphatic rings. The molecule has 4 nitrogen and oxygen atoms in total. The summed E-state index contributed by atoms with van der Waals surface area (Å²) >= 11 is 1.94. The first-order valence-electron chi connectivity index (χ1n) is 9.36. The van der Waals surface area contributed by atoms with Gasteiger partial charge in [0.1, 0.15) is 5.82 Å². The summed E-state index contributed by atoms with van der Waals surface area (Å²) in [7, 11) is 0. The van der Waals surface area contributed by atoms with E-state index in [2.05, 4.69) is 43.1 Å². The Morgan fingerprint density at radius 2 is 1.85 bits per heavy atom. The molecule has 0 saturated heterocycles. The zero-order valence-corrected chi connectivity index (χ0v) is 17.2. The van der Waals surface area contributed by atoms with Crippen LogP contribution in [-0.4, -0.2) is 21.1 Å². The number of nitrogens with two attached hydrogens (primary N) is 1. The average Bonchev–Trinajstić information content (AvgIpc) is 3.21. The number of aromatic nitrogens is 2. The van der Waals surface area contributed by atoms with Crippen molar-refractivity contribution in [2.45, 2.75) is 50.7 Å². The van der Waals surface area contributed by atoms with Gasteiger partial charge in [-0.25, -0.2) is 4.98 Å². The number of nitrogens with zero attached hydrogens (tertiary/aromatic N) is 1. The Bertz CT molecular complexity index is 1070. The first-order valence-corrected chi connectivity index (χ1v) is 10.2. The zero-order chi connectivity index (χ0) is 19.5. The lowest BCUT2D eigenvalue weighted by Crippen LogP contribution is -2.19. The fourth-order valence-corrected chi connectivity index (χ4v) is 5.75. The van der Waals surface area contributed by atoms with Gasteiger partial charge in [0.25, 0.3) is 0 Å². The van der Waals surface area contributed by atoms with Gasteiger partial charge in [-0.3, -0.25) is 4.79 Å². The molecule has 140 valence electrons. The molecule has 0 saturated carbocycles. The average molecular weight is 380 g/mol. The minimum Gasteiger partial charge on any atom is -0.366 e. The van der Waals surface area contributed by atoms with Crippen molar-refractivity contribution >= 4 is 28.7 Å². The molecule has 27 heavy (non-hydrogen) atoms. The van der Waals surface area contributed by atoms with Crippen LogP contribution in [0.3, 0.4) is 0 Å². The zero-order valence-electron chi connectivity index (χ0n) is 16.4. The highest BCUT2D eigenvalue weighted by Crippen LogP contribution is 2.50. The molecule has 3 N–H and O–H groups in total.